The summed E-state index contributed by atoms with van der Waals surface area (Å²) >= 11 is 0. The monoisotopic (exact) mass is 397 g/mol. The molecular weight excluding hydrogens is 367 g/mol. The lowest BCUT2D eigenvalue weighted by molar-refractivity contribution is -0.137. The molecule has 0 amide bonds. The molecule has 2 aliphatic rings. The molecule has 1 saturated heterocycles. The van der Waals surface area contributed by atoms with Gasteiger partial charge in [-0.3, -0.25) is 4.99 Å². The minimum atomic E-state index is -4.32. The Morgan fingerprint density at radius 2 is 1.79 bits per heavy atom. The largest absolute Gasteiger partial charge is 0.416 e. The fraction of sp³-hybridized carbons (Fsp3) is 0.667. The third-order valence-corrected chi connectivity index (χ3v) is 6.01. The van der Waals surface area contributed by atoms with Crippen molar-refractivity contribution in [1.82, 2.24) is 10.6 Å². The number of nitrogens with one attached hydrogen (secondary N) is 2. The summed E-state index contributed by atoms with van der Waals surface area (Å²) in [5, 5.41) is 6.71. The van der Waals surface area contributed by atoms with E-state index in [-0.39, 0.29) is 10.8 Å². The standard InChI is InChI=1S/C21H30F3N3O/c1-19(14-28-15-19)12-26-18(25-2)27-13-20(9-4-3-5-10-20)16-7-6-8-17(11-16)21(22,23)24/h6-8,11H,3-5,9-10,12-15H2,1-2H3,(H2,25,26,27). The van der Waals surface area contributed by atoms with Crippen LogP contribution in [-0.2, 0) is 16.3 Å². The Morgan fingerprint density at radius 1 is 1.11 bits per heavy atom. The normalized spacial score (nSPS) is 21.7. The number of guanidine groups is 1. The molecule has 0 spiro atoms. The number of hydrogen-bond donors (Lipinski definition) is 2. The molecular formula is C21H30F3N3O. The Hall–Kier alpha value is -1.76. The average Bonchev–Trinajstić information content (AvgIpc) is 2.67. The van der Waals surface area contributed by atoms with Crippen LogP contribution in [0.5, 0.6) is 0 Å². The minimum absolute atomic E-state index is 0.112. The maximum absolute atomic E-state index is 13.2. The van der Waals surface area contributed by atoms with Gasteiger partial charge >= 0.3 is 6.18 Å². The Labute approximate surface area is 164 Å². The van der Waals surface area contributed by atoms with Gasteiger partial charge in [-0.15, -0.1) is 0 Å². The van der Waals surface area contributed by atoms with Crippen molar-refractivity contribution in [2.45, 2.75) is 50.6 Å². The van der Waals surface area contributed by atoms with Gasteiger partial charge in [0.25, 0.3) is 0 Å². The van der Waals surface area contributed by atoms with E-state index >= 15 is 0 Å². The van der Waals surface area contributed by atoms with Gasteiger partial charge in [-0.25, -0.2) is 0 Å². The van der Waals surface area contributed by atoms with Gasteiger partial charge in [0.2, 0.25) is 0 Å². The van der Waals surface area contributed by atoms with Gasteiger partial charge in [0.1, 0.15) is 0 Å². The molecule has 1 heterocycles. The smallest absolute Gasteiger partial charge is 0.380 e. The van der Waals surface area contributed by atoms with E-state index in [2.05, 4.69) is 22.5 Å². The second-order valence-corrected chi connectivity index (χ2v) is 8.50. The zero-order valence-corrected chi connectivity index (χ0v) is 16.7. The number of ether oxygens (including phenoxy) is 1. The highest BCUT2D eigenvalue weighted by molar-refractivity contribution is 5.79. The van der Waals surface area contributed by atoms with Crippen molar-refractivity contribution in [3.63, 3.8) is 0 Å². The van der Waals surface area contributed by atoms with Gasteiger partial charge in [-0.05, 0) is 24.5 Å². The predicted molar refractivity (Wildman–Crippen MR) is 104 cm³/mol. The van der Waals surface area contributed by atoms with Gasteiger partial charge in [0.15, 0.2) is 5.96 Å². The average molecular weight is 397 g/mol. The Morgan fingerprint density at radius 3 is 2.36 bits per heavy atom. The van der Waals surface area contributed by atoms with Crippen LogP contribution in [0.25, 0.3) is 0 Å². The van der Waals surface area contributed by atoms with Gasteiger partial charge < -0.3 is 15.4 Å². The lowest BCUT2D eigenvalue weighted by atomic mass is 9.69. The fourth-order valence-electron chi connectivity index (χ4n) is 4.14. The maximum atomic E-state index is 13.2. The molecule has 0 bridgehead atoms. The summed E-state index contributed by atoms with van der Waals surface area (Å²) in [4.78, 5) is 4.29. The zero-order chi connectivity index (χ0) is 20.3. The van der Waals surface area contributed by atoms with E-state index in [1.807, 2.05) is 6.07 Å². The molecule has 0 unspecified atom stereocenters. The molecule has 28 heavy (non-hydrogen) atoms. The molecule has 1 aromatic rings. The summed E-state index contributed by atoms with van der Waals surface area (Å²) in [6.07, 6.45) is 0.621. The van der Waals surface area contributed by atoms with Crippen molar-refractivity contribution in [3.8, 4) is 0 Å². The first-order chi connectivity index (χ1) is 13.3. The van der Waals surface area contributed by atoms with Crippen LogP contribution in [0.2, 0.25) is 0 Å². The van der Waals surface area contributed by atoms with Crippen LogP contribution in [0.4, 0.5) is 13.2 Å². The predicted octanol–water partition coefficient (Wildman–Crippen LogP) is 4.11. The van der Waals surface area contributed by atoms with Crippen molar-refractivity contribution in [2.75, 3.05) is 33.4 Å². The maximum Gasteiger partial charge on any atom is 0.416 e. The quantitative estimate of drug-likeness (QED) is 0.581. The van der Waals surface area contributed by atoms with E-state index in [0.717, 1.165) is 63.5 Å². The topological polar surface area (TPSA) is 45.7 Å². The molecule has 1 aromatic carbocycles. The van der Waals surface area contributed by atoms with E-state index in [4.69, 9.17) is 4.74 Å². The summed E-state index contributed by atoms with van der Waals surface area (Å²) in [6.45, 7) is 4.93. The summed E-state index contributed by atoms with van der Waals surface area (Å²) in [7, 11) is 1.72. The lowest BCUT2D eigenvalue weighted by Gasteiger charge is -2.40. The van der Waals surface area contributed by atoms with Crippen LogP contribution in [0.15, 0.2) is 29.3 Å². The lowest BCUT2D eigenvalue weighted by Crippen LogP contribution is -2.52. The first-order valence-electron chi connectivity index (χ1n) is 9.96. The number of nitrogens with zero attached hydrogens (tertiary/aromatic N) is 1. The van der Waals surface area contributed by atoms with Crippen LogP contribution in [-0.4, -0.2) is 39.3 Å². The molecule has 0 aromatic heterocycles. The third-order valence-electron chi connectivity index (χ3n) is 6.01. The first-order valence-corrected chi connectivity index (χ1v) is 9.96. The molecule has 156 valence electrons. The van der Waals surface area contributed by atoms with Crippen molar-refractivity contribution < 1.29 is 17.9 Å². The second-order valence-electron chi connectivity index (χ2n) is 8.50. The number of hydrogen-bond acceptors (Lipinski definition) is 2. The van der Waals surface area contributed by atoms with Crippen molar-refractivity contribution in [2.24, 2.45) is 10.4 Å². The van der Waals surface area contributed by atoms with Gasteiger partial charge in [-0.1, -0.05) is 44.4 Å². The SMILES string of the molecule is CN=C(NCC1(C)COC1)NCC1(c2cccc(C(F)(F)F)c2)CCCCC1. The molecule has 1 aliphatic heterocycles. The fourth-order valence-corrected chi connectivity index (χ4v) is 4.14. The highest BCUT2D eigenvalue weighted by Gasteiger charge is 2.37. The molecule has 2 N–H and O–H groups in total. The van der Waals surface area contributed by atoms with E-state index in [1.165, 1.54) is 12.1 Å². The third kappa shape index (κ3) is 4.80. The van der Waals surface area contributed by atoms with Crippen LogP contribution in [0.1, 0.15) is 50.2 Å². The summed E-state index contributed by atoms with van der Waals surface area (Å²) < 4.78 is 45.0. The summed E-state index contributed by atoms with van der Waals surface area (Å²) in [5.74, 6) is 0.685. The number of halogens is 3. The number of benzene rings is 1. The second kappa shape index (κ2) is 8.31. The highest BCUT2D eigenvalue weighted by Crippen LogP contribution is 2.41. The molecule has 4 nitrogen and oxygen atoms in total. The molecule has 0 atom stereocenters. The number of alkyl halides is 3. The highest BCUT2D eigenvalue weighted by atomic mass is 19.4. The molecule has 3 rings (SSSR count). The van der Waals surface area contributed by atoms with Gasteiger partial charge in [0, 0.05) is 31.0 Å². The van der Waals surface area contributed by atoms with Crippen molar-refractivity contribution in [1.29, 1.82) is 0 Å². The van der Waals surface area contributed by atoms with Crippen LogP contribution >= 0.6 is 0 Å². The number of aliphatic imine (C=N–C) groups is 1. The summed E-state index contributed by atoms with van der Waals surface area (Å²) in [5.41, 5.74) is 0.00150. The zero-order valence-electron chi connectivity index (χ0n) is 16.7. The molecule has 0 radical (unpaired) electrons. The van der Waals surface area contributed by atoms with Crippen LogP contribution in [0.3, 0.4) is 0 Å². The van der Waals surface area contributed by atoms with Gasteiger partial charge in [-0.2, -0.15) is 13.2 Å². The van der Waals surface area contributed by atoms with Crippen molar-refractivity contribution >= 4 is 5.96 Å². The Bertz CT molecular complexity index is 692. The molecule has 1 saturated carbocycles. The molecule has 7 heteroatoms. The minimum Gasteiger partial charge on any atom is -0.380 e. The van der Waals surface area contributed by atoms with Crippen molar-refractivity contribution in [3.05, 3.63) is 35.4 Å². The van der Waals surface area contributed by atoms with Gasteiger partial charge in [0.05, 0.1) is 18.8 Å². The Kier molecular flexibility index (Phi) is 6.22. The van der Waals surface area contributed by atoms with Crippen LogP contribution in [0, 0.1) is 5.41 Å². The number of rotatable bonds is 5. The Balaban J connectivity index is 1.72. The first kappa shape index (κ1) is 21.0. The van der Waals surface area contributed by atoms with E-state index < -0.39 is 11.7 Å². The summed E-state index contributed by atoms with van der Waals surface area (Å²) in [6, 6.07) is 5.84. The van der Waals surface area contributed by atoms with E-state index in [0.29, 0.717) is 12.5 Å². The molecule has 2 fully saturated rings. The van der Waals surface area contributed by atoms with E-state index in [1.54, 1.807) is 7.05 Å². The van der Waals surface area contributed by atoms with Crippen LogP contribution < -0.4 is 10.6 Å². The molecule has 1 aliphatic carbocycles. The van der Waals surface area contributed by atoms with E-state index in [9.17, 15) is 13.2 Å².